The molecule has 8 nitrogen and oxygen atoms in total. The first kappa shape index (κ1) is 20.4. The van der Waals surface area contributed by atoms with Crippen LogP contribution in [0.5, 0.6) is 0 Å². The molecule has 2 N–H and O–H groups in total. The van der Waals surface area contributed by atoms with Gasteiger partial charge in [0.25, 0.3) is 0 Å². The minimum absolute atomic E-state index is 0.0137. The van der Waals surface area contributed by atoms with Crippen LogP contribution in [0.3, 0.4) is 0 Å². The van der Waals surface area contributed by atoms with E-state index in [1.165, 1.54) is 0 Å². The third kappa shape index (κ3) is 3.17. The highest BCUT2D eigenvalue weighted by Gasteiger charge is 2.53. The second kappa shape index (κ2) is 7.41. The highest BCUT2D eigenvalue weighted by molar-refractivity contribution is 6.33. The number of fused-ring (bicyclic) bond motifs is 1. The van der Waals surface area contributed by atoms with Crippen LogP contribution >= 0.6 is 23.2 Å². The van der Waals surface area contributed by atoms with Gasteiger partial charge in [0.05, 0.1) is 17.3 Å². The van der Waals surface area contributed by atoms with Crippen molar-refractivity contribution in [2.24, 2.45) is 0 Å². The number of benzene rings is 2. The van der Waals surface area contributed by atoms with Crippen molar-refractivity contribution in [2.45, 2.75) is 12.5 Å². The molecular formula is C23H19Cl2N7O. The molecule has 0 bridgehead atoms. The zero-order valence-electron chi connectivity index (χ0n) is 17.6. The molecular weight excluding hydrogens is 461 g/mol. The van der Waals surface area contributed by atoms with Crippen LogP contribution in [0.2, 0.25) is 10.0 Å². The third-order valence-electron chi connectivity index (χ3n) is 6.16. The predicted octanol–water partition coefficient (Wildman–Crippen LogP) is 3.31. The highest BCUT2D eigenvalue weighted by Crippen LogP contribution is 2.39. The summed E-state index contributed by atoms with van der Waals surface area (Å²) in [7, 11) is 0. The summed E-state index contributed by atoms with van der Waals surface area (Å²) in [5.41, 5.74) is 3.36. The Hall–Kier alpha value is -3.20. The van der Waals surface area contributed by atoms with E-state index < -0.39 is 5.54 Å². The molecule has 2 fully saturated rings. The molecule has 6 rings (SSSR count). The molecule has 4 heterocycles. The van der Waals surface area contributed by atoms with E-state index in [4.69, 9.17) is 33.3 Å². The van der Waals surface area contributed by atoms with Gasteiger partial charge >= 0.3 is 0 Å². The van der Waals surface area contributed by atoms with Gasteiger partial charge < -0.3 is 10.2 Å². The average molecular weight is 480 g/mol. The molecule has 0 unspecified atom stereocenters. The molecule has 2 saturated heterocycles. The lowest BCUT2D eigenvalue weighted by Crippen LogP contribution is -2.71. The topological polar surface area (TPSA) is 87.5 Å². The van der Waals surface area contributed by atoms with Gasteiger partial charge in [-0.2, -0.15) is 14.6 Å². The van der Waals surface area contributed by atoms with E-state index in [-0.39, 0.29) is 5.91 Å². The number of aromatic nitrogens is 4. The number of nitrogens with one attached hydrogen (secondary N) is 2. The molecule has 2 aliphatic heterocycles. The van der Waals surface area contributed by atoms with Crippen molar-refractivity contribution in [2.75, 3.05) is 24.7 Å². The molecule has 2 aromatic carbocycles. The Bertz CT molecular complexity index is 1410. The molecule has 10 heteroatoms. The number of carbonyl (C=O) groups is 1. The number of anilines is 1. The molecule has 0 aliphatic carbocycles. The smallest absolute Gasteiger partial charge is 0.245 e. The first-order valence-corrected chi connectivity index (χ1v) is 11.3. The summed E-state index contributed by atoms with van der Waals surface area (Å²) in [4.78, 5) is 23.8. The first-order valence-electron chi connectivity index (χ1n) is 10.5. The van der Waals surface area contributed by atoms with E-state index in [9.17, 15) is 4.79 Å². The predicted molar refractivity (Wildman–Crippen MR) is 128 cm³/mol. The van der Waals surface area contributed by atoms with E-state index >= 15 is 0 Å². The van der Waals surface area contributed by atoms with E-state index in [1.807, 2.05) is 60.4 Å². The fourth-order valence-corrected chi connectivity index (χ4v) is 4.85. The van der Waals surface area contributed by atoms with Gasteiger partial charge in [0.15, 0.2) is 5.65 Å². The molecule has 33 heavy (non-hydrogen) atoms. The van der Waals surface area contributed by atoms with Gasteiger partial charge in [-0.05, 0) is 30.7 Å². The molecule has 1 spiro atoms. The quantitative estimate of drug-likeness (QED) is 0.468. The van der Waals surface area contributed by atoms with Gasteiger partial charge in [-0.1, -0.05) is 53.5 Å². The first-order chi connectivity index (χ1) is 15.9. The van der Waals surface area contributed by atoms with Gasteiger partial charge in [-0.3, -0.25) is 10.1 Å². The number of aryl methyl sites for hydroxylation is 1. The Kier molecular flexibility index (Phi) is 4.58. The van der Waals surface area contributed by atoms with E-state index in [0.717, 1.165) is 16.7 Å². The summed E-state index contributed by atoms with van der Waals surface area (Å²) >= 11 is 12.7. The molecule has 2 aliphatic rings. The Morgan fingerprint density at radius 3 is 2.48 bits per heavy atom. The van der Waals surface area contributed by atoms with Crippen LogP contribution in [-0.2, 0) is 4.79 Å². The number of rotatable bonds is 3. The lowest BCUT2D eigenvalue weighted by molar-refractivity contribution is -0.125. The van der Waals surface area contributed by atoms with Gasteiger partial charge in [-0.25, -0.2) is 4.98 Å². The van der Waals surface area contributed by atoms with E-state index in [2.05, 4.69) is 15.6 Å². The Balaban J connectivity index is 1.56. The fourth-order valence-electron chi connectivity index (χ4n) is 4.50. The number of hydrogen-bond acceptors (Lipinski definition) is 6. The summed E-state index contributed by atoms with van der Waals surface area (Å²) in [5, 5.41) is 12.3. The van der Waals surface area contributed by atoms with Crippen molar-refractivity contribution in [3.63, 3.8) is 0 Å². The molecule has 4 aromatic rings. The number of halogens is 2. The summed E-state index contributed by atoms with van der Waals surface area (Å²) in [6, 6.07) is 15.2. The number of hydrogen-bond donors (Lipinski definition) is 2. The largest absolute Gasteiger partial charge is 0.342 e. The maximum Gasteiger partial charge on any atom is 0.245 e. The monoisotopic (exact) mass is 479 g/mol. The van der Waals surface area contributed by atoms with Gasteiger partial charge in [0, 0.05) is 23.7 Å². The average Bonchev–Trinajstić information content (AvgIpc) is 3.34. The van der Waals surface area contributed by atoms with Crippen LogP contribution < -0.4 is 15.5 Å². The lowest BCUT2D eigenvalue weighted by atomic mass is 9.90. The lowest BCUT2D eigenvalue weighted by Gasteiger charge is -2.45. The fraction of sp³-hybridized carbons (Fsp3) is 0.217. The molecule has 0 radical (unpaired) electrons. The Labute approximate surface area is 199 Å². The minimum atomic E-state index is -0.580. The Morgan fingerprint density at radius 2 is 1.79 bits per heavy atom. The zero-order valence-corrected chi connectivity index (χ0v) is 19.2. The minimum Gasteiger partial charge on any atom is -0.342 e. The standard InChI is InChI=1S/C23H19Cl2N7O/c1-13-28-20-18(14-6-8-15(24)9-7-14)19(16-4-2-3-5-17(16)25)30-32(20)22(29-13)31-10-23(11-31)21(33)26-12-27-23/h2-9,27H,10-12H2,1H3,(H,26,33). The Morgan fingerprint density at radius 1 is 1.03 bits per heavy atom. The number of amides is 1. The zero-order chi connectivity index (χ0) is 22.7. The normalized spacial score (nSPS) is 16.9. The molecule has 2 aromatic heterocycles. The maximum absolute atomic E-state index is 12.3. The summed E-state index contributed by atoms with van der Waals surface area (Å²) in [6.45, 7) is 3.33. The van der Waals surface area contributed by atoms with Crippen LogP contribution in [0.15, 0.2) is 48.5 Å². The summed E-state index contributed by atoms with van der Waals surface area (Å²) in [5.74, 6) is 1.26. The van der Waals surface area contributed by atoms with E-state index in [0.29, 0.717) is 52.9 Å². The summed E-state index contributed by atoms with van der Waals surface area (Å²) < 4.78 is 1.75. The number of carbonyl (C=O) groups excluding carboxylic acids is 1. The van der Waals surface area contributed by atoms with Crippen LogP contribution in [0, 0.1) is 6.92 Å². The maximum atomic E-state index is 12.3. The van der Waals surface area contributed by atoms with Crippen molar-refractivity contribution in [1.82, 2.24) is 30.2 Å². The number of nitrogens with zero attached hydrogens (tertiary/aromatic N) is 5. The molecule has 0 atom stereocenters. The van der Waals surface area contributed by atoms with Crippen LogP contribution in [0.1, 0.15) is 5.82 Å². The second-order valence-corrected chi connectivity index (χ2v) is 9.16. The van der Waals surface area contributed by atoms with Crippen LogP contribution in [0.4, 0.5) is 5.95 Å². The third-order valence-corrected chi connectivity index (χ3v) is 6.74. The van der Waals surface area contributed by atoms with Crippen molar-refractivity contribution in [3.8, 4) is 22.4 Å². The molecule has 166 valence electrons. The van der Waals surface area contributed by atoms with Crippen LogP contribution in [0.25, 0.3) is 28.0 Å². The van der Waals surface area contributed by atoms with Crippen LogP contribution in [-0.4, -0.2) is 50.8 Å². The second-order valence-electron chi connectivity index (χ2n) is 8.31. The van der Waals surface area contributed by atoms with Gasteiger partial charge in [0.2, 0.25) is 11.9 Å². The SMILES string of the molecule is Cc1nc(N2CC3(C2)NCNC3=O)n2nc(-c3ccccc3Cl)c(-c3ccc(Cl)cc3)c2n1. The van der Waals surface area contributed by atoms with Gasteiger partial charge in [0.1, 0.15) is 17.1 Å². The highest BCUT2D eigenvalue weighted by atomic mass is 35.5. The molecule has 0 saturated carbocycles. The van der Waals surface area contributed by atoms with Crippen molar-refractivity contribution in [3.05, 3.63) is 64.4 Å². The van der Waals surface area contributed by atoms with Crippen molar-refractivity contribution in [1.29, 1.82) is 0 Å². The van der Waals surface area contributed by atoms with Gasteiger partial charge in [-0.15, -0.1) is 0 Å². The van der Waals surface area contributed by atoms with E-state index in [1.54, 1.807) is 4.52 Å². The molecule has 1 amide bonds. The van der Waals surface area contributed by atoms with Crippen molar-refractivity contribution >= 4 is 40.7 Å². The van der Waals surface area contributed by atoms with Crippen molar-refractivity contribution < 1.29 is 4.79 Å². The summed E-state index contributed by atoms with van der Waals surface area (Å²) in [6.07, 6.45) is 0.